The second kappa shape index (κ2) is 6.19. The molecular weight excluding hydrogens is 257 g/mol. The van der Waals surface area contributed by atoms with Gasteiger partial charge in [-0.2, -0.15) is 0 Å². The van der Waals surface area contributed by atoms with Gasteiger partial charge in [-0.15, -0.1) is 0 Å². The van der Waals surface area contributed by atoms with Crippen molar-refractivity contribution in [2.24, 2.45) is 0 Å². The lowest BCUT2D eigenvalue weighted by Crippen LogP contribution is -2.10. The van der Waals surface area contributed by atoms with Crippen LogP contribution in [0.3, 0.4) is 0 Å². The van der Waals surface area contributed by atoms with Crippen molar-refractivity contribution in [3.05, 3.63) is 65.0 Å². The highest BCUT2D eigenvalue weighted by Crippen LogP contribution is 2.18. The van der Waals surface area contributed by atoms with Crippen molar-refractivity contribution in [2.75, 3.05) is 11.9 Å². The molecular formula is C16H16FNO2. The van der Waals surface area contributed by atoms with E-state index in [1.807, 2.05) is 6.92 Å². The van der Waals surface area contributed by atoms with Gasteiger partial charge < -0.3 is 10.4 Å². The Morgan fingerprint density at radius 1 is 1.25 bits per heavy atom. The van der Waals surface area contributed by atoms with Gasteiger partial charge in [0.1, 0.15) is 5.82 Å². The summed E-state index contributed by atoms with van der Waals surface area (Å²) < 4.78 is 13.5. The van der Waals surface area contributed by atoms with Gasteiger partial charge >= 0.3 is 5.97 Å². The number of benzene rings is 2. The molecule has 4 heteroatoms. The number of carbonyl (C=O) groups is 1. The van der Waals surface area contributed by atoms with Gasteiger partial charge in [0.25, 0.3) is 0 Å². The molecule has 2 aromatic rings. The van der Waals surface area contributed by atoms with Crippen LogP contribution in [0.1, 0.15) is 21.5 Å². The molecule has 2 N–H and O–H groups in total. The zero-order chi connectivity index (χ0) is 14.5. The highest BCUT2D eigenvalue weighted by Gasteiger charge is 2.09. The van der Waals surface area contributed by atoms with Crippen LogP contribution in [-0.4, -0.2) is 17.6 Å². The van der Waals surface area contributed by atoms with E-state index in [1.54, 1.807) is 36.4 Å². The number of nitrogens with one attached hydrogen (secondary N) is 1. The molecule has 0 bridgehead atoms. The van der Waals surface area contributed by atoms with Crippen LogP contribution in [-0.2, 0) is 6.42 Å². The minimum Gasteiger partial charge on any atom is -0.478 e. The van der Waals surface area contributed by atoms with Gasteiger partial charge in [-0.05, 0) is 42.7 Å². The van der Waals surface area contributed by atoms with E-state index in [0.29, 0.717) is 24.2 Å². The Morgan fingerprint density at radius 3 is 2.70 bits per heavy atom. The van der Waals surface area contributed by atoms with Crippen molar-refractivity contribution in [2.45, 2.75) is 13.3 Å². The van der Waals surface area contributed by atoms with Gasteiger partial charge in [0, 0.05) is 12.2 Å². The van der Waals surface area contributed by atoms with Crippen LogP contribution in [0.5, 0.6) is 0 Å². The average molecular weight is 273 g/mol. The standard InChI is InChI=1S/C16H16FNO2/c1-11-6-7-13(16(19)20)15(10-11)18-9-8-12-4-2-3-5-14(12)17/h2-7,10,18H,8-9H2,1H3,(H,19,20). The molecule has 0 aliphatic rings. The Bertz CT molecular complexity index is 626. The van der Waals surface area contributed by atoms with E-state index in [0.717, 1.165) is 5.56 Å². The van der Waals surface area contributed by atoms with Crippen molar-refractivity contribution < 1.29 is 14.3 Å². The Kier molecular flexibility index (Phi) is 4.35. The number of carboxylic acids is 1. The number of rotatable bonds is 5. The molecule has 3 nitrogen and oxygen atoms in total. The van der Waals surface area contributed by atoms with Crippen molar-refractivity contribution in [1.82, 2.24) is 0 Å². The monoisotopic (exact) mass is 273 g/mol. The summed E-state index contributed by atoms with van der Waals surface area (Å²) in [7, 11) is 0. The number of anilines is 1. The summed E-state index contributed by atoms with van der Waals surface area (Å²) in [4.78, 5) is 11.1. The molecule has 0 aliphatic heterocycles. The Morgan fingerprint density at radius 2 is 2.00 bits per heavy atom. The maximum Gasteiger partial charge on any atom is 0.337 e. The zero-order valence-electron chi connectivity index (χ0n) is 11.2. The molecule has 0 radical (unpaired) electrons. The van der Waals surface area contributed by atoms with Crippen LogP contribution in [0.4, 0.5) is 10.1 Å². The first kappa shape index (κ1) is 14.1. The molecule has 20 heavy (non-hydrogen) atoms. The lowest BCUT2D eigenvalue weighted by molar-refractivity contribution is 0.0698. The quantitative estimate of drug-likeness (QED) is 0.876. The van der Waals surface area contributed by atoms with E-state index in [2.05, 4.69) is 5.32 Å². The van der Waals surface area contributed by atoms with Crippen LogP contribution in [0.15, 0.2) is 42.5 Å². The molecule has 0 amide bonds. The molecule has 0 unspecified atom stereocenters. The number of hydrogen-bond donors (Lipinski definition) is 2. The fourth-order valence-corrected chi connectivity index (χ4v) is 2.02. The predicted molar refractivity (Wildman–Crippen MR) is 76.7 cm³/mol. The van der Waals surface area contributed by atoms with Crippen LogP contribution < -0.4 is 5.32 Å². The van der Waals surface area contributed by atoms with Gasteiger partial charge in [-0.1, -0.05) is 24.3 Å². The summed E-state index contributed by atoms with van der Waals surface area (Å²) in [6, 6.07) is 11.7. The summed E-state index contributed by atoms with van der Waals surface area (Å²) in [6.45, 7) is 2.37. The van der Waals surface area contributed by atoms with Gasteiger partial charge in [-0.3, -0.25) is 0 Å². The number of aryl methyl sites for hydroxylation is 1. The third kappa shape index (κ3) is 3.35. The third-order valence-corrected chi connectivity index (χ3v) is 3.07. The van der Waals surface area contributed by atoms with Crippen LogP contribution in [0, 0.1) is 12.7 Å². The van der Waals surface area contributed by atoms with Crippen LogP contribution in [0.2, 0.25) is 0 Å². The van der Waals surface area contributed by atoms with Gasteiger partial charge in [0.05, 0.1) is 5.56 Å². The summed E-state index contributed by atoms with van der Waals surface area (Å²) in [5.41, 5.74) is 2.38. The Balaban J connectivity index is 2.06. The van der Waals surface area contributed by atoms with E-state index in [4.69, 9.17) is 5.11 Å². The molecule has 0 saturated heterocycles. The minimum atomic E-state index is -0.974. The van der Waals surface area contributed by atoms with E-state index in [9.17, 15) is 9.18 Å². The van der Waals surface area contributed by atoms with Gasteiger partial charge in [-0.25, -0.2) is 9.18 Å². The number of aromatic carboxylic acids is 1. The lowest BCUT2D eigenvalue weighted by atomic mass is 10.1. The smallest absolute Gasteiger partial charge is 0.337 e. The molecule has 0 aromatic heterocycles. The summed E-state index contributed by atoms with van der Waals surface area (Å²) >= 11 is 0. The van der Waals surface area contributed by atoms with Crippen molar-refractivity contribution >= 4 is 11.7 Å². The summed E-state index contributed by atoms with van der Waals surface area (Å²) in [5, 5.41) is 12.2. The highest BCUT2D eigenvalue weighted by molar-refractivity contribution is 5.94. The summed E-state index contributed by atoms with van der Waals surface area (Å²) in [5.74, 6) is -1.21. The summed E-state index contributed by atoms with van der Waals surface area (Å²) in [6.07, 6.45) is 0.500. The van der Waals surface area contributed by atoms with Gasteiger partial charge in [0.15, 0.2) is 0 Å². The molecule has 0 saturated carbocycles. The number of halogens is 1. The zero-order valence-corrected chi connectivity index (χ0v) is 11.2. The topological polar surface area (TPSA) is 49.3 Å². The normalized spacial score (nSPS) is 10.3. The number of hydrogen-bond acceptors (Lipinski definition) is 2. The van der Waals surface area contributed by atoms with Crippen molar-refractivity contribution in [3.63, 3.8) is 0 Å². The second-order valence-electron chi connectivity index (χ2n) is 4.62. The molecule has 2 rings (SSSR count). The second-order valence-corrected chi connectivity index (χ2v) is 4.62. The number of carboxylic acid groups (broad SMARTS) is 1. The minimum absolute atomic E-state index is 0.226. The van der Waals surface area contributed by atoms with Gasteiger partial charge in [0.2, 0.25) is 0 Å². The molecule has 0 fully saturated rings. The Labute approximate surface area is 117 Å². The third-order valence-electron chi connectivity index (χ3n) is 3.07. The maximum absolute atomic E-state index is 13.5. The fourth-order valence-electron chi connectivity index (χ4n) is 2.02. The molecule has 104 valence electrons. The van der Waals surface area contributed by atoms with E-state index in [1.165, 1.54) is 6.07 Å². The average Bonchev–Trinajstić information content (AvgIpc) is 2.41. The molecule has 0 aliphatic carbocycles. The largest absolute Gasteiger partial charge is 0.478 e. The first-order valence-corrected chi connectivity index (χ1v) is 6.39. The fraction of sp³-hybridized carbons (Fsp3) is 0.188. The molecule has 0 heterocycles. The van der Waals surface area contributed by atoms with Crippen LogP contribution in [0.25, 0.3) is 0 Å². The predicted octanol–water partition coefficient (Wildman–Crippen LogP) is 3.49. The van der Waals surface area contributed by atoms with E-state index in [-0.39, 0.29) is 11.4 Å². The Hall–Kier alpha value is -2.36. The van der Waals surface area contributed by atoms with E-state index < -0.39 is 5.97 Å². The maximum atomic E-state index is 13.5. The van der Waals surface area contributed by atoms with Crippen LogP contribution >= 0.6 is 0 Å². The van der Waals surface area contributed by atoms with Crippen molar-refractivity contribution in [3.8, 4) is 0 Å². The highest BCUT2D eigenvalue weighted by atomic mass is 19.1. The van der Waals surface area contributed by atoms with E-state index >= 15 is 0 Å². The van der Waals surface area contributed by atoms with Crippen molar-refractivity contribution in [1.29, 1.82) is 0 Å². The SMILES string of the molecule is Cc1ccc(C(=O)O)c(NCCc2ccccc2F)c1. The molecule has 0 spiro atoms. The lowest BCUT2D eigenvalue weighted by Gasteiger charge is -2.11. The first-order chi connectivity index (χ1) is 9.58. The first-order valence-electron chi connectivity index (χ1n) is 6.39. The molecule has 0 atom stereocenters. The molecule has 2 aromatic carbocycles.